The minimum Gasteiger partial charge on any atom is -0.268 e. The smallest absolute Gasteiger partial charge is 0.267 e. The molecule has 0 aliphatic carbocycles. The Balaban J connectivity index is 2.52. The molecule has 0 spiro atoms. The quantitative estimate of drug-likeness (QED) is 0.626. The van der Waals surface area contributed by atoms with E-state index in [0.29, 0.717) is 13.0 Å². The van der Waals surface area contributed by atoms with Gasteiger partial charge in [0.05, 0.1) is 12.3 Å². The molecule has 0 aromatic carbocycles. The maximum atomic E-state index is 11.3. The first-order chi connectivity index (χ1) is 6.74. The van der Waals surface area contributed by atoms with Gasteiger partial charge in [0.15, 0.2) is 0 Å². The summed E-state index contributed by atoms with van der Waals surface area (Å²) in [7, 11) is 0. The summed E-state index contributed by atoms with van der Waals surface area (Å²) in [6, 6.07) is 3.62. The molecular weight excluding hydrogens is 293 g/mol. The summed E-state index contributed by atoms with van der Waals surface area (Å²) in [5.41, 5.74) is -0.0751. The second-order valence-electron chi connectivity index (χ2n) is 2.85. The van der Waals surface area contributed by atoms with E-state index >= 15 is 0 Å². The first-order valence-corrected chi connectivity index (χ1v) is 5.41. The summed E-state index contributed by atoms with van der Waals surface area (Å²) in [4.78, 5) is 11.3. The molecule has 4 nitrogen and oxygen atoms in total. The van der Waals surface area contributed by atoms with Crippen LogP contribution in [0.3, 0.4) is 0 Å². The number of halogens is 1. The van der Waals surface area contributed by atoms with Gasteiger partial charge in [0.1, 0.15) is 0 Å². The van der Waals surface area contributed by atoms with Crippen molar-refractivity contribution in [1.82, 2.24) is 9.78 Å². The molecule has 0 atom stereocenters. The lowest BCUT2D eigenvalue weighted by molar-refractivity contribution is 0.534. The summed E-state index contributed by atoms with van der Waals surface area (Å²) in [5, 5.41) is 12.3. The topological polar surface area (TPSA) is 58.7 Å². The van der Waals surface area contributed by atoms with Gasteiger partial charge < -0.3 is 0 Å². The number of hydrogen-bond donors (Lipinski definition) is 0. The number of hydrogen-bond acceptors (Lipinski definition) is 3. The molecule has 0 amide bonds. The van der Waals surface area contributed by atoms with Gasteiger partial charge in [-0.05, 0) is 35.4 Å². The fraction of sp³-hybridized carbons (Fsp3) is 0.444. The Hall–Kier alpha value is -0.900. The number of nitrogens with zero attached hydrogens (tertiary/aromatic N) is 3. The van der Waals surface area contributed by atoms with E-state index in [1.165, 1.54) is 4.68 Å². The lowest BCUT2D eigenvalue weighted by Gasteiger charge is -2.01. The first-order valence-electron chi connectivity index (χ1n) is 4.33. The van der Waals surface area contributed by atoms with Gasteiger partial charge in [-0.3, -0.25) is 4.79 Å². The molecule has 0 saturated carbocycles. The van der Waals surface area contributed by atoms with Crippen molar-refractivity contribution in [2.75, 3.05) is 0 Å². The molecule has 1 aromatic heterocycles. The molecule has 0 aliphatic rings. The average Bonchev–Trinajstić information content (AvgIpc) is 2.15. The van der Waals surface area contributed by atoms with Gasteiger partial charge in [-0.25, -0.2) is 4.68 Å². The highest BCUT2D eigenvalue weighted by molar-refractivity contribution is 14.1. The molecule has 0 unspecified atom stereocenters. The van der Waals surface area contributed by atoms with E-state index in [0.717, 1.165) is 16.4 Å². The molecule has 0 N–H and O–H groups in total. The van der Waals surface area contributed by atoms with E-state index in [2.05, 4.69) is 33.8 Å². The van der Waals surface area contributed by atoms with Crippen LogP contribution in [0.25, 0.3) is 0 Å². The van der Waals surface area contributed by atoms with E-state index in [4.69, 9.17) is 5.26 Å². The van der Waals surface area contributed by atoms with Crippen LogP contribution in [0.5, 0.6) is 0 Å². The van der Waals surface area contributed by atoms with Gasteiger partial charge in [-0.1, -0.05) is 0 Å². The van der Waals surface area contributed by atoms with E-state index in [9.17, 15) is 4.79 Å². The average molecular weight is 303 g/mol. The minimum atomic E-state index is -0.0751. The van der Waals surface area contributed by atoms with Gasteiger partial charge in [0.2, 0.25) is 0 Å². The van der Waals surface area contributed by atoms with Crippen LogP contribution >= 0.6 is 22.6 Å². The SMILES string of the molecule is N#CCCCCn1ncc(I)cc1=O. The standard InChI is InChI=1S/C9H10IN3O/c10-8-6-9(14)13(12-7-8)5-3-1-2-4-11/h6-7H,1-3,5H2. The number of aryl methyl sites for hydroxylation is 1. The Labute approximate surface area is 95.7 Å². The van der Waals surface area contributed by atoms with Gasteiger partial charge in [-0.15, -0.1) is 0 Å². The Bertz CT molecular complexity index is 394. The zero-order valence-electron chi connectivity index (χ0n) is 7.61. The first kappa shape index (κ1) is 11.2. The summed E-state index contributed by atoms with van der Waals surface area (Å²) < 4.78 is 2.28. The van der Waals surface area contributed by atoms with Crippen molar-refractivity contribution >= 4 is 22.6 Å². The number of unbranched alkanes of at least 4 members (excludes halogenated alkanes) is 2. The molecule has 74 valence electrons. The van der Waals surface area contributed by atoms with Crippen LogP contribution in [0.1, 0.15) is 19.3 Å². The highest BCUT2D eigenvalue weighted by Gasteiger charge is 1.97. The third-order valence-electron chi connectivity index (χ3n) is 1.74. The fourth-order valence-corrected chi connectivity index (χ4v) is 1.44. The lowest BCUT2D eigenvalue weighted by atomic mass is 10.2. The van der Waals surface area contributed by atoms with E-state index in [1.54, 1.807) is 12.3 Å². The number of nitriles is 1. The molecule has 0 radical (unpaired) electrons. The molecule has 5 heteroatoms. The Morgan fingerprint density at radius 1 is 1.57 bits per heavy atom. The summed E-state index contributed by atoms with van der Waals surface area (Å²) in [6.45, 7) is 0.595. The van der Waals surface area contributed by atoms with Crippen molar-refractivity contribution in [3.63, 3.8) is 0 Å². The number of aromatic nitrogens is 2. The van der Waals surface area contributed by atoms with Crippen LogP contribution < -0.4 is 5.56 Å². The second-order valence-corrected chi connectivity index (χ2v) is 4.10. The molecule has 0 bridgehead atoms. The highest BCUT2D eigenvalue weighted by atomic mass is 127. The summed E-state index contributed by atoms with van der Waals surface area (Å²) in [6.07, 6.45) is 3.84. The number of rotatable bonds is 4. The zero-order chi connectivity index (χ0) is 10.4. The van der Waals surface area contributed by atoms with Crippen molar-refractivity contribution in [2.45, 2.75) is 25.8 Å². The van der Waals surface area contributed by atoms with Crippen LogP contribution in [0.4, 0.5) is 0 Å². The van der Waals surface area contributed by atoms with E-state index < -0.39 is 0 Å². The lowest BCUT2D eigenvalue weighted by Crippen LogP contribution is -2.22. The normalized spacial score (nSPS) is 9.71. The van der Waals surface area contributed by atoms with Crippen molar-refractivity contribution in [2.24, 2.45) is 0 Å². The molecular formula is C9H10IN3O. The molecule has 1 aromatic rings. The fourth-order valence-electron chi connectivity index (χ4n) is 1.05. The molecule has 1 heterocycles. The van der Waals surface area contributed by atoms with Crippen molar-refractivity contribution in [3.8, 4) is 6.07 Å². The van der Waals surface area contributed by atoms with Gasteiger partial charge >= 0.3 is 0 Å². The Kier molecular flexibility index (Phi) is 4.59. The second kappa shape index (κ2) is 5.75. The molecule has 0 saturated heterocycles. The molecule has 1 rings (SSSR count). The summed E-state index contributed by atoms with van der Waals surface area (Å²) >= 11 is 2.05. The Morgan fingerprint density at radius 2 is 2.36 bits per heavy atom. The van der Waals surface area contributed by atoms with Crippen LogP contribution in [0.15, 0.2) is 17.1 Å². The van der Waals surface area contributed by atoms with E-state index in [-0.39, 0.29) is 5.56 Å². The molecule has 0 aliphatic heterocycles. The monoisotopic (exact) mass is 303 g/mol. The maximum absolute atomic E-state index is 11.3. The maximum Gasteiger partial charge on any atom is 0.267 e. The summed E-state index contributed by atoms with van der Waals surface area (Å²) in [5.74, 6) is 0. The van der Waals surface area contributed by atoms with Gasteiger partial charge in [0.25, 0.3) is 5.56 Å². The largest absolute Gasteiger partial charge is 0.268 e. The molecule has 14 heavy (non-hydrogen) atoms. The van der Waals surface area contributed by atoms with Crippen LogP contribution in [-0.4, -0.2) is 9.78 Å². The van der Waals surface area contributed by atoms with Crippen LogP contribution in [-0.2, 0) is 6.54 Å². The third kappa shape index (κ3) is 3.46. The van der Waals surface area contributed by atoms with Gasteiger partial charge in [-0.2, -0.15) is 10.4 Å². The van der Waals surface area contributed by atoms with E-state index in [1.807, 2.05) is 0 Å². The van der Waals surface area contributed by atoms with Crippen LogP contribution in [0, 0.1) is 14.9 Å². The predicted molar refractivity (Wildman–Crippen MR) is 60.7 cm³/mol. The minimum absolute atomic E-state index is 0.0751. The van der Waals surface area contributed by atoms with Gasteiger partial charge in [0, 0.05) is 22.6 Å². The van der Waals surface area contributed by atoms with Crippen LogP contribution in [0.2, 0.25) is 0 Å². The van der Waals surface area contributed by atoms with Crippen molar-refractivity contribution in [1.29, 1.82) is 5.26 Å². The third-order valence-corrected chi connectivity index (χ3v) is 2.33. The van der Waals surface area contributed by atoms with Crippen molar-refractivity contribution < 1.29 is 0 Å². The molecule has 0 fully saturated rings. The van der Waals surface area contributed by atoms with Crippen molar-refractivity contribution in [3.05, 3.63) is 26.2 Å². The predicted octanol–water partition coefficient (Wildman–Crippen LogP) is 1.54. The highest BCUT2D eigenvalue weighted by Crippen LogP contribution is 1.98. The Morgan fingerprint density at radius 3 is 3.00 bits per heavy atom. The zero-order valence-corrected chi connectivity index (χ0v) is 9.77.